The number of nitrogens with two attached hydrogens (primary N) is 1. The molecule has 26 heavy (non-hydrogen) atoms. The van der Waals surface area contributed by atoms with E-state index in [4.69, 9.17) is 10.5 Å². The Labute approximate surface area is 158 Å². The third-order valence-corrected chi connectivity index (χ3v) is 4.11. The third kappa shape index (κ3) is 5.21. The monoisotopic (exact) mass is 375 g/mol. The van der Waals surface area contributed by atoms with Gasteiger partial charge in [0, 0.05) is 25.2 Å². The van der Waals surface area contributed by atoms with Crippen molar-refractivity contribution < 1.29 is 14.3 Å². The maximum Gasteiger partial charge on any atom is 0.248 e. The molecular formula is C19H22ClN3O3. The van der Waals surface area contributed by atoms with Gasteiger partial charge >= 0.3 is 0 Å². The van der Waals surface area contributed by atoms with Crippen LogP contribution in [0.4, 0.5) is 0 Å². The molecule has 3 rings (SSSR count). The summed E-state index contributed by atoms with van der Waals surface area (Å²) in [5.74, 6) is -0.0624. The van der Waals surface area contributed by atoms with E-state index < -0.39 is 5.91 Å². The van der Waals surface area contributed by atoms with Crippen LogP contribution in [0.25, 0.3) is 0 Å². The SMILES string of the molecule is Cl.NC(=O)c1cccc(OCCC(=O)NCc2ccc3c(c2)CNC3)c1. The maximum absolute atomic E-state index is 11.9. The summed E-state index contributed by atoms with van der Waals surface area (Å²) in [6, 6.07) is 12.9. The van der Waals surface area contributed by atoms with Gasteiger partial charge in [-0.3, -0.25) is 9.59 Å². The molecule has 0 aliphatic carbocycles. The predicted molar refractivity (Wildman–Crippen MR) is 101 cm³/mol. The van der Waals surface area contributed by atoms with Crippen molar-refractivity contribution in [1.29, 1.82) is 0 Å². The van der Waals surface area contributed by atoms with Gasteiger partial charge in [-0.2, -0.15) is 0 Å². The number of benzene rings is 2. The van der Waals surface area contributed by atoms with Crippen LogP contribution in [0.3, 0.4) is 0 Å². The van der Waals surface area contributed by atoms with Crippen LogP contribution in [0, 0.1) is 0 Å². The minimum atomic E-state index is -0.507. The van der Waals surface area contributed by atoms with Crippen molar-refractivity contribution in [2.24, 2.45) is 5.73 Å². The van der Waals surface area contributed by atoms with Crippen molar-refractivity contribution in [3.63, 3.8) is 0 Å². The van der Waals surface area contributed by atoms with Gasteiger partial charge in [-0.05, 0) is 34.9 Å². The Morgan fingerprint density at radius 1 is 1.12 bits per heavy atom. The number of amides is 2. The largest absolute Gasteiger partial charge is 0.493 e. The van der Waals surface area contributed by atoms with Crippen molar-refractivity contribution in [2.45, 2.75) is 26.1 Å². The summed E-state index contributed by atoms with van der Waals surface area (Å²) in [4.78, 5) is 23.1. The highest BCUT2D eigenvalue weighted by Gasteiger charge is 2.10. The average molecular weight is 376 g/mol. The first-order chi connectivity index (χ1) is 12.1. The quantitative estimate of drug-likeness (QED) is 0.689. The van der Waals surface area contributed by atoms with Gasteiger partial charge in [0.15, 0.2) is 0 Å². The lowest BCUT2D eigenvalue weighted by Gasteiger charge is -2.09. The van der Waals surface area contributed by atoms with Gasteiger partial charge in [-0.1, -0.05) is 24.3 Å². The molecule has 0 unspecified atom stereocenters. The predicted octanol–water partition coefficient (Wildman–Crippen LogP) is 1.90. The highest BCUT2D eigenvalue weighted by molar-refractivity contribution is 5.93. The molecule has 1 heterocycles. The minimum Gasteiger partial charge on any atom is -0.493 e. The van der Waals surface area contributed by atoms with E-state index in [1.165, 1.54) is 11.1 Å². The fourth-order valence-electron chi connectivity index (χ4n) is 2.75. The number of rotatable bonds is 7. The molecule has 0 atom stereocenters. The van der Waals surface area contributed by atoms with Crippen LogP contribution in [0.5, 0.6) is 5.75 Å². The molecule has 0 fully saturated rings. The lowest BCUT2D eigenvalue weighted by atomic mass is 10.1. The molecule has 7 heteroatoms. The molecule has 0 spiro atoms. The molecule has 0 saturated heterocycles. The van der Waals surface area contributed by atoms with Crippen molar-refractivity contribution >= 4 is 24.2 Å². The summed E-state index contributed by atoms with van der Waals surface area (Å²) < 4.78 is 5.50. The standard InChI is InChI=1S/C19H21N3O3.ClH/c20-19(24)14-2-1-3-17(9-14)25-7-6-18(23)22-10-13-4-5-15-11-21-12-16(15)8-13;/h1-5,8-9,21H,6-7,10-12H2,(H2,20,24)(H,22,23);1H. The van der Waals surface area contributed by atoms with Crippen LogP contribution < -0.4 is 21.1 Å². The van der Waals surface area contributed by atoms with Gasteiger partial charge in [-0.25, -0.2) is 0 Å². The second-order valence-electron chi connectivity index (χ2n) is 5.97. The molecule has 0 aromatic heterocycles. The minimum absolute atomic E-state index is 0. The Morgan fingerprint density at radius 2 is 1.92 bits per heavy atom. The van der Waals surface area contributed by atoms with E-state index in [0.717, 1.165) is 18.7 Å². The maximum atomic E-state index is 11.9. The first-order valence-corrected chi connectivity index (χ1v) is 8.22. The summed E-state index contributed by atoms with van der Waals surface area (Å²) in [5.41, 5.74) is 9.31. The number of ether oxygens (including phenoxy) is 1. The average Bonchev–Trinajstić information content (AvgIpc) is 3.08. The van der Waals surface area contributed by atoms with Crippen LogP contribution in [0.1, 0.15) is 33.5 Å². The molecular weight excluding hydrogens is 354 g/mol. The van der Waals surface area contributed by atoms with E-state index >= 15 is 0 Å². The zero-order valence-corrected chi connectivity index (χ0v) is 15.1. The fraction of sp³-hybridized carbons (Fsp3) is 0.263. The summed E-state index contributed by atoms with van der Waals surface area (Å²) in [5, 5.41) is 6.19. The topological polar surface area (TPSA) is 93.5 Å². The van der Waals surface area contributed by atoms with Gasteiger partial charge in [0.2, 0.25) is 11.8 Å². The summed E-state index contributed by atoms with van der Waals surface area (Å²) >= 11 is 0. The number of hydrogen-bond donors (Lipinski definition) is 3. The fourth-order valence-corrected chi connectivity index (χ4v) is 2.75. The van der Waals surface area contributed by atoms with E-state index in [1.807, 2.05) is 6.07 Å². The summed E-state index contributed by atoms with van der Waals surface area (Å²) in [6.45, 7) is 2.54. The Balaban J connectivity index is 0.00000243. The molecule has 6 nitrogen and oxygen atoms in total. The Bertz CT molecular complexity index is 795. The van der Waals surface area contributed by atoms with Crippen LogP contribution in [0.2, 0.25) is 0 Å². The first kappa shape index (κ1) is 19.8. The van der Waals surface area contributed by atoms with Crippen molar-refractivity contribution in [1.82, 2.24) is 10.6 Å². The van der Waals surface area contributed by atoms with Crippen LogP contribution in [0.15, 0.2) is 42.5 Å². The second kappa shape index (κ2) is 9.22. The Morgan fingerprint density at radius 3 is 2.73 bits per heavy atom. The zero-order valence-electron chi connectivity index (χ0n) is 14.3. The van der Waals surface area contributed by atoms with Crippen LogP contribution >= 0.6 is 12.4 Å². The summed E-state index contributed by atoms with van der Waals surface area (Å²) in [6.07, 6.45) is 0.243. The number of primary amides is 1. The number of carbonyl (C=O) groups excluding carboxylic acids is 2. The molecule has 0 radical (unpaired) electrons. The van der Waals surface area contributed by atoms with E-state index in [-0.39, 0.29) is 31.3 Å². The second-order valence-corrected chi connectivity index (χ2v) is 5.97. The van der Waals surface area contributed by atoms with E-state index in [2.05, 4.69) is 22.8 Å². The third-order valence-electron chi connectivity index (χ3n) is 4.11. The van der Waals surface area contributed by atoms with Crippen LogP contribution in [-0.4, -0.2) is 18.4 Å². The molecule has 2 aromatic carbocycles. The van der Waals surface area contributed by atoms with Gasteiger partial charge in [0.05, 0.1) is 13.0 Å². The summed E-state index contributed by atoms with van der Waals surface area (Å²) in [7, 11) is 0. The highest BCUT2D eigenvalue weighted by Crippen LogP contribution is 2.17. The number of nitrogens with one attached hydrogen (secondary N) is 2. The molecule has 2 aromatic rings. The molecule has 138 valence electrons. The molecule has 2 amide bonds. The molecule has 4 N–H and O–H groups in total. The number of hydrogen-bond acceptors (Lipinski definition) is 4. The Kier molecular flexibility index (Phi) is 7.00. The first-order valence-electron chi connectivity index (χ1n) is 8.22. The molecule has 0 saturated carbocycles. The van der Waals surface area contributed by atoms with Gasteiger partial charge in [0.1, 0.15) is 5.75 Å². The smallest absolute Gasteiger partial charge is 0.248 e. The van der Waals surface area contributed by atoms with Crippen LogP contribution in [-0.2, 0) is 24.4 Å². The lowest BCUT2D eigenvalue weighted by Crippen LogP contribution is -2.24. The van der Waals surface area contributed by atoms with Gasteiger partial charge in [0.25, 0.3) is 0 Å². The van der Waals surface area contributed by atoms with Gasteiger partial charge in [-0.15, -0.1) is 12.4 Å². The van der Waals surface area contributed by atoms with Crippen molar-refractivity contribution in [2.75, 3.05) is 6.61 Å². The Hall–Kier alpha value is -2.57. The number of halogens is 1. The van der Waals surface area contributed by atoms with Gasteiger partial charge < -0.3 is 21.1 Å². The van der Waals surface area contributed by atoms with E-state index in [9.17, 15) is 9.59 Å². The van der Waals surface area contributed by atoms with Crippen molar-refractivity contribution in [3.8, 4) is 5.75 Å². The molecule has 1 aliphatic rings. The number of carbonyl (C=O) groups is 2. The van der Waals surface area contributed by atoms with Crippen molar-refractivity contribution in [3.05, 3.63) is 64.7 Å². The van der Waals surface area contributed by atoms with E-state index in [1.54, 1.807) is 24.3 Å². The lowest BCUT2D eigenvalue weighted by molar-refractivity contribution is -0.121. The molecule has 1 aliphatic heterocycles. The normalized spacial score (nSPS) is 12.0. The number of fused-ring (bicyclic) bond motifs is 1. The molecule has 0 bridgehead atoms. The highest BCUT2D eigenvalue weighted by atomic mass is 35.5. The zero-order chi connectivity index (χ0) is 17.6. The van der Waals surface area contributed by atoms with E-state index in [0.29, 0.717) is 17.9 Å².